The van der Waals surface area contributed by atoms with Crippen molar-refractivity contribution in [2.75, 3.05) is 0 Å². The number of rotatable bonds is 4. The van der Waals surface area contributed by atoms with E-state index in [1.807, 2.05) is 0 Å². The van der Waals surface area contributed by atoms with E-state index in [0.29, 0.717) is 0 Å². The summed E-state index contributed by atoms with van der Waals surface area (Å²) < 4.78 is 47.5. The van der Waals surface area contributed by atoms with Crippen LogP contribution >= 0.6 is 8.25 Å². The molecule has 0 aromatic heterocycles. The Morgan fingerprint density at radius 1 is 1.20 bits per heavy atom. The molecule has 9 heteroatoms. The van der Waals surface area contributed by atoms with Crippen LogP contribution < -0.4 is 4.52 Å². The summed E-state index contributed by atoms with van der Waals surface area (Å²) >= 11 is 0. The molecule has 6 nitrogen and oxygen atoms in total. The van der Waals surface area contributed by atoms with Gasteiger partial charge in [-0.15, -0.1) is 0 Å². The van der Waals surface area contributed by atoms with Gasteiger partial charge >= 0.3 is 18.7 Å². The van der Waals surface area contributed by atoms with Crippen LogP contribution in [0.2, 0.25) is 0 Å². The SMILES string of the molecule is O=[PH](Oc1ccccc1)OS(=O)(=O)O.[Zr]. The molecule has 82 valence electrons. The molecule has 0 spiro atoms. The predicted octanol–water partition coefficient (Wildman–Crippen LogP) is 1.27. The van der Waals surface area contributed by atoms with Gasteiger partial charge in [0, 0.05) is 26.2 Å². The van der Waals surface area contributed by atoms with E-state index in [-0.39, 0.29) is 32.0 Å². The molecule has 0 fully saturated rings. The van der Waals surface area contributed by atoms with E-state index in [2.05, 4.69) is 8.49 Å². The molecule has 0 aliphatic heterocycles. The Bertz CT molecular complexity index is 419. The third kappa shape index (κ3) is 6.98. The Morgan fingerprint density at radius 3 is 2.20 bits per heavy atom. The molecule has 0 saturated heterocycles. The topological polar surface area (TPSA) is 89.9 Å². The van der Waals surface area contributed by atoms with E-state index in [1.54, 1.807) is 18.2 Å². The minimum absolute atomic E-state index is 0. The summed E-state index contributed by atoms with van der Waals surface area (Å²) in [4.78, 5) is 0. The van der Waals surface area contributed by atoms with Crippen LogP contribution in [-0.2, 0) is 45.1 Å². The van der Waals surface area contributed by atoms with Crippen LogP contribution in [0, 0.1) is 0 Å². The summed E-state index contributed by atoms with van der Waals surface area (Å²) in [6, 6.07) is 7.86. The van der Waals surface area contributed by atoms with Gasteiger partial charge in [-0.05, 0) is 12.1 Å². The van der Waals surface area contributed by atoms with Gasteiger partial charge < -0.3 is 4.52 Å². The van der Waals surface area contributed by atoms with Crippen molar-refractivity contribution in [2.45, 2.75) is 0 Å². The molecule has 15 heavy (non-hydrogen) atoms. The Balaban J connectivity index is 0.00000196. The average Bonchev–Trinajstić information content (AvgIpc) is 2.02. The summed E-state index contributed by atoms with van der Waals surface area (Å²) in [7, 11) is -8.02. The third-order valence-electron chi connectivity index (χ3n) is 1.12. The van der Waals surface area contributed by atoms with Crippen molar-refractivity contribution in [3.63, 3.8) is 0 Å². The maximum atomic E-state index is 10.8. The molecule has 1 aromatic carbocycles. The van der Waals surface area contributed by atoms with Crippen LogP contribution in [0.25, 0.3) is 0 Å². The molecule has 1 unspecified atom stereocenters. The van der Waals surface area contributed by atoms with Crippen molar-refractivity contribution in [3.8, 4) is 5.75 Å². The van der Waals surface area contributed by atoms with Crippen molar-refractivity contribution in [2.24, 2.45) is 0 Å². The van der Waals surface area contributed by atoms with E-state index < -0.39 is 18.7 Å². The smallest absolute Gasteiger partial charge is 0.405 e. The molecule has 0 heterocycles. The van der Waals surface area contributed by atoms with Crippen molar-refractivity contribution in [3.05, 3.63) is 30.3 Å². The summed E-state index contributed by atoms with van der Waals surface area (Å²) in [6.45, 7) is 0. The van der Waals surface area contributed by atoms with E-state index in [1.165, 1.54) is 12.1 Å². The number of benzene rings is 1. The zero-order valence-corrected chi connectivity index (χ0v) is 11.6. The minimum atomic E-state index is -4.74. The van der Waals surface area contributed by atoms with E-state index >= 15 is 0 Å². The maximum Gasteiger partial charge on any atom is 0.405 e. The number of hydrogen-bond donors (Lipinski definition) is 1. The molecule has 0 amide bonds. The van der Waals surface area contributed by atoms with Gasteiger partial charge in [-0.1, -0.05) is 18.2 Å². The molecule has 1 N–H and O–H groups in total. The van der Waals surface area contributed by atoms with Crippen molar-refractivity contribution in [1.29, 1.82) is 0 Å². The third-order valence-corrected chi connectivity index (χ3v) is 2.91. The Labute approximate surface area is 107 Å². The van der Waals surface area contributed by atoms with Crippen molar-refractivity contribution >= 4 is 18.7 Å². The second-order valence-corrected chi connectivity index (χ2v) is 4.40. The number of hydrogen-bond acceptors (Lipinski definition) is 5. The second-order valence-electron chi connectivity index (χ2n) is 2.18. The van der Waals surface area contributed by atoms with Crippen LogP contribution in [0.4, 0.5) is 0 Å². The molecule has 0 aliphatic carbocycles. The van der Waals surface area contributed by atoms with Gasteiger partial charge in [0.1, 0.15) is 5.75 Å². The molecule has 0 bridgehead atoms. The van der Waals surface area contributed by atoms with Gasteiger partial charge in [0.05, 0.1) is 0 Å². The molecule has 0 radical (unpaired) electrons. The molecular weight excluding hydrogens is 322 g/mol. The van der Waals surface area contributed by atoms with Gasteiger partial charge in [-0.25, -0.2) is 4.57 Å². The molecule has 0 aliphatic rings. The molecule has 1 atom stereocenters. The monoisotopic (exact) mass is 328 g/mol. The number of para-hydroxylation sites is 1. The standard InChI is InChI=1S/C6H7O6PS.Zr/c7-13(12-14(8,9)10)11-6-4-2-1-3-5-6;/h1-5,13H,(H,8,9,10);. The second kappa shape index (κ2) is 6.56. The average molecular weight is 329 g/mol. The fourth-order valence-electron chi connectivity index (χ4n) is 0.688. The zero-order chi connectivity index (χ0) is 10.6. The van der Waals surface area contributed by atoms with E-state index in [0.717, 1.165) is 0 Å². The van der Waals surface area contributed by atoms with Crippen LogP contribution in [0.5, 0.6) is 5.75 Å². The molecule has 1 rings (SSSR count). The maximum absolute atomic E-state index is 10.8. The first-order chi connectivity index (χ1) is 6.47. The Kier molecular flexibility index (Phi) is 6.56. The van der Waals surface area contributed by atoms with Crippen molar-refractivity contribution < 1.29 is 52.2 Å². The molecule has 0 saturated carbocycles. The van der Waals surface area contributed by atoms with E-state index in [4.69, 9.17) is 4.55 Å². The zero-order valence-electron chi connectivity index (χ0n) is 7.28. The first kappa shape index (κ1) is 15.0. The fraction of sp³-hybridized carbons (Fsp3) is 0. The van der Waals surface area contributed by atoms with Crippen LogP contribution in [0.1, 0.15) is 0 Å². The predicted molar refractivity (Wildman–Crippen MR) is 48.7 cm³/mol. The Morgan fingerprint density at radius 2 is 1.73 bits per heavy atom. The first-order valence-electron chi connectivity index (χ1n) is 3.41. The summed E-state index contributed by atoms with van der Waals surface area (Å²) in [6.07, 6.45) is 0. The quantitative estimate of drug-likeness (QED) is 0.661. The van der Waals surface area contributed by atoms with E-state index in [9.17, 15) is 13.0 Å². The van der Waals surface area contributed by atoms with Gasteiger partial charge in [0.2, 0.25) is 0 Å². The molecular formula is C6H7O6PSZr. The van der Waals surface area contributed by atoms with Gasteiger partial charge in [0.25, 0.3) is 0 Å². The summed E-state index contributed by atoms with van der Waals surface area (Å²) in [5, 5.41) is 0. The normalized spacial score (nSPS) is 12.6. The van der Waals surface area contributed by atoms with Crippen LogP contribution in [-0.4, -0.2) is 13.0 Å². The molecule has 1 aromatic rings. The van der Waals surface area contributed by atoms with Crippen LogP contribution in [0.15, 0.2) is 30.3 Å². The largest absolute Gasteiger partial charge is 0.426 e. The first-order valence-corrected chi connectivity index (χ1v) is 6.00. The van der Waals surface area contributed by atoms with Gasteiger partial charge in [0.15, 0.2) is 0 Å². The Hall–Kier alpha value is 0.00312. The minimum Gasteiger partial charge on any atom is -0.426 e. The van der Waals surface area contributed by atoms with Gasteiger partial charge in [-0.2, -0.15) is 12.4 Å². The van der Waals surface area contributed by atoms with Crippen molar-refractivity contribution in [1.82, 2.24) is 0 Å². The van der Waals surface area contributed by atoms with Gasteiger partial charge in [-0.3, -0.25) is 4.55 Å². The summed E-state index contributed by atoms with van der Waals surface area (Å²) in [5.41, 5.74) is 0. The fourth-order valence-corrected chi connectivity index (χ4v) is 1.84. The van der Waals surface area contributed by atoms with Crippen LogP contribution in [0.3, 0.4) is 0 Å². The summed E-state index contributed by atoms with van der Waals surface area (Å²) in [5.74, 6) is 0.194.